The van der Waals surface area contributed by atoms with Gasteiger partial charge in [0.1, 0.15) is 5.58 Å². The Morgan fingerprint density at radius 1 is 1.03 bits per heavy atom. The standard InChI is InChI=1S/C24H22N2O3/c1-2-28-24(27)23-19(18-12-6-7-14-21(18)29-23)16-26-22(17-10-4-3-5-11-17)20-13-8-9-15-25-20/h3-15,22,26H,2,16H2,1H3. The zero-order valence-corrected chi connectivity index (χ0v) is 16.2. The Morgan fingerprint density at radius 2 is 1.79 bits per heavy atom. The minimum absolute atomic E-state index is 0.124. The molecule has 29 heavy (non-hydrogen) atoms. The molecule has 0 saturated heterocycles. The summed E-state index contributed by atoms with van der Waals surface area (Å²) in [4.78, 5) is 17.0. The number of esters is 1. The van der Waals surface area contributed by atoms with Gasteiger partial charge < -0.3 is 14.5 Å². The van der Waals surface area contributed by atoms with Crippen LogP contribution in [0.3, 0.4) is 0 Å². The Labute approximate surface area is 169 Å². The smallest absolute Gasteiger partial charge is 0.374 e. The van der Waals surface area contributed by atoms with E-state index in [2.05, 4.69) is 22.4 Å². The molecule has 4 rings (SSSR count). The van der Waals surface area contributed by atoms with Crippen molar-refractivity contribution in [3.63, 3.8) is 0 Å². The van der Waals surface area contributed by atoms with E-state index < -0.39 is 5.97 Å². The molecule has 0 aliphatic heterocycles. The summed E-state index contributed by atoms with van der Waals surface area (Å²) in [5, 5.41) is 4.45. The molecule has 2 aromatic heterocycles. The first-order valence-electron chi connectivity index (χ1n) is 9.64. The average Bonchev–Trinajstić information content (AvgIpc) is 3.14. The van der Waals surface area contributed by atoms with Crippen molar-refractivity contribution in [2.75, 3.05) is 6.61 Å². The van der Waals surface area contributed by atoms with Crippen LogP contribution in [0, 0.1) is 0 Å². The van der Waals surface area contributed by atoms with Crippen LogP contribution >= 0.6 is 0 Å². The van der Waals surface area contributed by atoms with Gasteiger partial charge in [-0.25, -0.2) is 4.79 Å². The van der Waals surface area contributed by atoms with E-state index in [-0.39, 0.29) is 11.8 Å². The lowest BCUT2D eigenvalue weighted by Crippen LogP contribution is -2.23. The lowest BCUT2D eigenvalue weighted by molar-refractivity contribution is 0.0490. The second kappa shape index (κ2) is 8.71. The van der Waals surface area contributed by atoms with E-state index in [0.29, 0.717) is 18.7 Å². The Kier molecular flexibility index (Phi) is 5.68. The molecule has 0 spiro atoms. The number of carbonyl (C=O) groups excluding carboxylic acids is 1. The molecular formula is C24H22N2O3. The summed E-state index contributed by atoms with van der Waals surface area (Å²) in [5.74, 6) is -0.206. The van der Waals surface area contributed by atoms with Gasteiger partial charge in [0.2, 0.25) is 5.76 Å². The molecule has 1 N–H and O–H groups in total. The van der Waals surface area contributed by atoms with Gasteiger partial charge in [-0.3, -0.25) is 4.98 Å². The van der Waals surface area contributed by atoms with Crippen LogP contribution in [0.4, 0.5) is 0 Å². The molecule has 0 fully saturated rings. The van der Waals surface area contributed by atoms with Crippen molar-refractivity contribution in [1.29, 1.82) is 0 Å². The highest BCUT2D eigenvalue weighted by Crippen LogP contribution is 2.28. The van der Waals surface area contributed by atoms with E-state index >= 15 is 0 Å². The van der Waals surface area contributed by atoms with E-state index in [1.807, 2.05) is 60.7 Å². The maximum absolute atomic E-state index is 12.5. The predicted octanol–water partition coefficient (Wildman–Crippen LogP) is 4.88. The van der Waals surface area contributed by atoms with Crippen molar-refractivity contribution in [3.05, 3.63) is 102 Å². The number of benzene rings is 2. The second-order valence-corrected chi connectivity index (χ2v) is 6.61. The molecule has 0 saturated carbocycles. The zero-order chi connectivity index (χ0) is 20.1. The Morgan fingerprint density at radius 3 is 2.55 bits per heavy atom. The summed E-state index contributed by atoms with van der Waals surface area (Å²) in [5.41, 5.74) is 3.46. The molecule has 0 radical (unpaired) electrons. The van der Waals surface area contributed by atoms with Gasteiger partial charge in [0.15, 0.2) is 0 Å². The fraction of sp³-hybridized carbons (Fsp3) is 0.167. The molecule has 4 aromatic rings. The zero-order valence-electron chi connectivity index (χ0n) is 16.2. The molecule has 2 aromatic carbocycles. The van der Waals surface area contributed by atoms with Gasteiger partial charge in [0.25, 0.3) is 0 Å². The third-order valence-electron chi connectivity index (χ3n) is 4.76. The quantitative estimate of drug-likeness (QED) is 0.459. The fourth-order valence-electron chi connectivity index (χ4n) is 3.43. The molecular weight excluding hydrogens is 364 g/mol. The number of nitrogens with zero attached hydrogens (tertiary/aromatic N) is 1. The number of para-hydroxylation sites is 1. The minimum atomic E-state index is -0.449. The highest BCUT2D eigenvalue weighted by Gasteiger charge is 2.23. The fourth-order valence-corrected chi connectivity index (χ4v) is 3.43. The number of furan rings is 1. The first-order chi connectivity index (χ1) is 14.3. The number of nitrogens with one attached hydrogen (secondary N) is 1. The van der Waals surface area contributed by atoms with Gasteiger partial charge >= 0.3 is 5.97 Å². The Balaban J connectivity index is 1.70. The van der Waals surface area contributed by atoms with Crippen LogP contribution in [-0.4, -0.2) is 17.6 Å². The third-order valence-corrected chi connectivity index (χ3v) is 4.76. The van der Waals surface area contributed by atoms with Crippen LogP contribution in [0.25, 0.3) is 11.0 Å². The molecule has 0 aliphatic rings. The van der Waals surface area contributed by atoms with Crippen molar-refractivity contribution in [3.8, 4) is 0 Å². The van der Waals surface area contributed by atoms with Crippen molar-refractivity contribution < 1.29 is 13.9 Å². The van der Waals surface area contributed by atoms with Crippen LogP contribution in [0.15, 0.2) is 83.4 Å². The first-order valence-corrected chi connectivity index (χ1v) is 9.64. The van der Waals surface area contributed by atoms with Crippen molar-refractivity contribution >= 4 is 16.9 Å². The largest absolute Gasteiger partial charge is 0.460 e. The summed E-state index contributed by atoms with van der Waals surface area (Å²) in [6, 6.07) is 23.5. The topological polar surface area (TPSA) is 64.4 Å². The van der Waals surface area contributed by atoms with E-state index in [4.69, 9.17) is 9.15 Å². The average molecular weight is 386 g/mol. The number of aromatic nitrogens is 1. The van der Waals surface area contributed by atoms with Crippen molar-refractivity contribution in [2.24, 2.45) is 0 Å². The van der Waals surface area contributed by atoms with E-state index in [0.717, 1.165) is 22.2 Å². The Hall–Kier alpha value is -3.44. The lowest BCUT2D eigenvalue weighted by Gasteiger charge is -2.19. The number of hydrogen-bond donors (Lipinski definition) is 1. The van der Waals surface area contributed by atoms with Crippen molar-refractivity contribution in [1.82, 2.24) is 10.3 Å². The number of fused-ring (bicyclic) bond motifs is 1. The summed E-state index contributed by atoms with van der Waals surface area (Å²) >= 11 is 0. The van der Waals surface area contributed by atoms with Crippen molar-refractivity contribution in [2.45, 2.75) is 19.5 Å². The van der Waals surface area contributed by atoms with Gasteiger partial charge in [-0.1, -0.05) is 54.6 Å². The van der Waals surface area contributed by atoms with E-state index in [9.17, 15) is 4.79 Å². The number of ether oxygens (including phenoxy) is 1. The SMILES string of the molecule is CCOC(=O)c1oc2ccccc2c1CNC(c1ccccc1)c1ccccn1. The van der Waals surface area contributed by atoms with Crippen LogP contribution in [0.1, 0.15) is 40.3 Å². The molecule has 146 valence electrons. The first kappa shape index (κ1) is 18.9. The van der Waals surface area contributed by atoms with E-state index in [1.54, 1.807) is 13.1 Å². The number of hydrogen-bond acceptors (Lipinski definition) is 5. The summed E-state index contributed by atoms with van der Waals surface area (Å²) in [6.45, 7) is 2.51. The Bertz CT molecular complexity index is 1050. The molecule has 2 heterocycles. The maximum Gasteiger partial charge on any atom is 0.374 e. The molecule has 1 atom stereocenters. The minimum Gasteiger partial charge on any atom is -0.460 e. The predicted molar refractivity (Wildman–Crippen MR) is 112 cm³/mol. The summed E-state index contributed by atoms with van der Waals surface area (Å²) in [6.07, 6.45) is 1.78. The van der Waals surface area contributed by atoms with Crippen LogP contribution in [0.2, 0.25) is 0 Å². The summed E-state index contributed by atoms with van der Waals surface area (Å²) in [7, 11) is 0. The van der Waals surface area contributed by atoms with Crippen LogP contribution in [-0.2, 0) is 11.3 Å². The normalized spacial score (nSPS) is 12.0. The molecule has 0 aliphatic carbocycles. The van der Waals surface area contributed by atoms with Gasteiger partial charge in [-0.2, -0.15) is 0 Å². The molecule has 1 unspecified atom stereocenters. The number of carbonyl (C=O) groups is 1. The van der Waals surface area contributed by atoms with Crippen LogP contribution in [0.5, 0.6) is 0 Å². The molecule has 0 amide bonds. The molecule has 5 heteroatoms. The summed E-state index contributed by atoms with van der Waals surface area (Å²) < 4.78 is 11.0. The van der Waals surface area contributed by atoms with Gasteiger partial charge in [0.05, 0.1) is 18.3 Å². The number of pyridine rings is 1. The van der Waals surface area contributed by atoms with Gasteiger partial charge in [0, 0.05) is 23.7 Å². The van der Waals surface area contributed by atoms with E-state index in [1.165, 1.54) is 0 Å². The third kappa shape index (κ3) is 4.05. The molecule has 5 nitrogen and oxygen atoms in total. The van der Waals surface area contributed by atoms with Gasteiger partial charge in [-0.15, -0.1) is 0 Å². The lowest BCUT2D eigenvalue weighted by atomic mass is 10.0. The number of rotatable bonds is 7. The highest BCUT2D eigenvalue weighted by atomic mass is 16.5. The van der Waals surface area contributed by atoms with Crippen LogP contribution < -0.4 is 5.32 Å². The second-order valence-electron chi connectivity index (χ2n) is 6.61. The highest BCUT2D eigenvalue weighted by molar-refractivity contribution is 5.96. The maximum atomic E-state index is 12.5. The monoisotopic (exact) mass is 386 g/mol. The molecule has 0 bridgehead atoms. The van der Waals surface area contributed by atoms with Gasteiger partial charge in [-0.05, 0) is 30.7 Å².